The van der Waals surface area contributed by atoms with E-state index in [2.05, 4.69) is 22.8 Å². The van der Waals surface area contributed by atoms with Gasteiger partial charge in [0.15, 0.2) is 6.10 Å². The summed E-state index contributed by atoms with van der Waals surface area (Å²) in [6, 6.07) is 26.0. The Morgan fingerprint density at radius 2 is 1.77 bits per heavy atom. The molecule has 1 aliphatic rings. The van der Waals surface area contributed by atoms with Crippen molar-refractivity contribution in [2.24, 2.45) is 0 Å². The van der Waals surface area contributed by atoms with Gasteiger partial charge in [-0.05, 0) is 54.8 Å². The molecule has 3 aromatic carbocycles. The summed E-state index contributed by atoms with van der Waals surface area (Å²) >= 11 is 0. The number of aromatic nitrogens is 2. The van der Waals surface area contributed by atoms with Crippen LogP contribution in [0.5, 0.6) is 5.75 Å². The van der Waals surface area contributed by atoms with Crippen molar-refractivity contribution in [3.05, 3.63) is 84.4 Å². The van der Waals surface area contributed by atoms with Gasteiger partial charge in [0.2, 0.25) is 0 Å². The molecule has 1 saturated heterocycles. The number of ether oxygens (including phenoxy) is 2. The van der Waals surface area contributed by atoms with Crippen LogP contribution in [0.25, 0.3) is 22.4 Å². The highest BCUT2D eigenvalue weighted by molar-refractivity contribution is 5.81. The molecule has 1 fully saturated rings. The number of nitrogens with zero attached hydrogens (tertiary/aromatic N) is 2. The maximum absolute atomic E-state index is 12.2. The van der Waals surface area contributed by atoms with Gasteiger partial charge in [-0.3, -0.25) is 0 Å². The lowest BCUT2D eigenvalue weighted by molar-refractivity contribution is -0.144. The van der Waals surface area contributed by atoms with Crippen LogP contribution in [0.4, 0.5) is 0 Å². The molecule has 0 aliphatic carbocycles. The lowest BCUT2D eigenvalue weighted by atomic mass is 10.2. The summed E-state index contributed by atoms with van der Waals surface area (Å²) in [6.45, 7) is 1.35. The number of carbonyl (C=O) groups excluding carboxylic acids is 1. The van der Waals surface area contributed by atoms with Crippen molar-refractivity contribution in [1.29, 1.82) is 0 Å². The molecular formula is C25H22N2O3. The summed E-state index contributed by atoms with van der Waals surface area (Å²) in [5.74, 6) is 1.08. The number of rotatable bonds is 5. The highest BCUT2D eigenvalue weighted by atomic mass is 16.6. The Kier molecular flexibility index (Phi) is 5.03. The Hall–Kier alpha value is -3.44. The molecule has 1 unspecified atom stereocenters. The van der Waals surface area contributed by atoms with E-state index < -0.39 is 6.10 Å². The van der Waals surface area contributed by atoms with Crippen LogP contribution >= 0.6 is 0 Å². The first-order chi connectivity index (χ1) is 14.8. The number of fused-ring (bicyclic) bond motifs is 1. The molecule has 1 atom stereocenters. The van der Waals surface area contributed by atoms with E-state index in [4.69, 9.17) is 14.5 Å². The first kappa shape index (κ1) is 18.6. The van der Waals surface area contributed by atoms with Gasteiger partial charge in [-0.15, -0.1) is 0 Å². The van der Waals surface area contributed by atoms with Crippen LogP contribution in [0.1, 0.15) is 18.4 Å². The van der Waals surface area contributed by atoms with Crippen molar-refractivity contribution in [2.45, 2.75) is 25.5 Å². The molecule has 150 valence electrons. The Morgan fingerprint density at radius 1 is 1.00 bits per heavy atom. The molecule has 30 heavy (non-hydrogen) atoms. The van der Waals surface area contributed by atoms with Crippen molar-refractivity contribution in [2.75, 3.05) is 6.61 Å². The second-order valence-corrected chi connectivity index (χ2v) is 7.44. The first-order valence-electron chi connectivity index (χ1n) is 10.2. The van der Waals surface area contributed by atoms with Crippen LogP contribution in [0.15, 0.2) is 78.9 Å². The largest absolute Gasteiger partial charge is 0.425 e. The summed E-state index contributed by atoms with van der Waals surface area (Å²) in [6.07, 6.45) is 1.18. The number of imidazole rings is 1. The average Bonchev–Trinajstić information content (AvgIpc) is 3.44. The highest BCUT2D eigenvalue weighted by Crippen LogP contribution is 2.28. The summed E-state index contributed by atoms with van der Waals surface area (Å²) in [7, 11) is 0. The second kappa shape index (κ2) is 8.13. The third-order valence-corrected chi connectivity index (χ3v) is 5.36. The zero-order valence-corrected chi connectivity index (χ0v) is 16.5. The molecule has 0 bridgehead atoms. The molecule has 2 heterocycles. The number of esters is 1. The number of hydrogen-bond acceptors (Lipinski definition) is 4. The van der Waals surface area contributed by atoms with Gasteiger partial charge in [0, 0.05) is 18.7 Å². The maximum atomic E-state index is 12.2. The fraction of sp³-hybridized carbons (Fsp3) is 0.200. The predicted octanol–water partition coefficient (Wildman–Crippen LogP) is 4.84. The highest BCUT2D eigenvalue weighted by Gasteiger charge is 2.25. The summed E-state index contributed by atoms with van der Waals surface area (Å²) in [5.41, 5.74) is 4.23. The quantitative estimate of drug-likeness (QED) is 0.357. The first-order valence-corrected chi connectivity index (χ1v) is 10.2. The topological polar surface area (TPSA) is 53.3 Å². The number of benzene rings is 3. The van der Waals surface area contributed by atoms with Crippen molar-refractivity contribution in [3.8, 4) is 17.1 Å². The minimum Gasteiger partial charge on any atom is -0.425 e. The fourth-order valence-electron chi connectivity index (χ4n) is 3.84. The van der Waals surface area contributed by atoms with Crippen LogP contribution in [0.2, 0.25) is 0 Å². The van der Waals surface area contributed by atoms with E-state index in [0.717, 1.165) is 41.8 Å². The Morgan fingerprint density at radius 3 is 2.53 bits per heavy atom. The van der Waals surface area contributed by atoms with E-state index in [1.54, 1.807) is 0 Å². The van der Waals surface area contributed by atoms with E-state index in [-0.39, 0.29) is 5.97 Å². The van der Waals surface area contributed by atoms with E-state index in [1.165, 1.54) is 5.56 Å². The Labute approximate surface area is 174 Å². The van der Waals surface area contributed by atoms with Gasteiger partial charge in [-0.25, -0.2) is 9.78 Å². The maximum Gasteiger partial charge on any atom is 0.340 e. The lowest BCUT2D eigenvalue weighted by Crippen LogP contribution is -2.24. The van der Waals surface area contributed by atoms with E-state index >= 15 is 0 Å². The molecule has 5 nitrogen and oxygen atoms in total. The zero-order chi connectivity index (χ0) is 20.3. The van der Waals surface area contributed by atoms with Gasteiger partial charge in [-0.2, -0.15) is 0 Å². The van der Waals surface area contributed by atoms with E-state index in [1.807, 2.05) is 60.7 Å². The van der Waals surface area contributed by atoms with Gasteiger partial charge in [0.05, 0.1) is 11.0 Å². The number of carbonyl (C=O) groups is 1. The Bertz CT molecular complexity index is 1160. The smallest absolute Gasteiger partial charge is 0.340 e. The van der Waals surface area contributed by atoms with Crippen molar-refractivity contribution >= 4 is 17.0 Å². The molecule has 4 aromatic rings. The molecule has 0 spiro atoms. The minimum absolute atomic E-state index is 0.323. The number of hydrogen-bond donors (Lipinski definition) is 0. The lowest BCUT2D eigenvalue weighted by Gasteiger charge is -2.11. The van der Waals surface area contributed by atoms with Crippen molar-refractivity contribution in [3.63, 3.8) is 0 Å². The molecule has 0 saturated carbocycles. The minimum atomic E-state index is -0.445. The molecule has 0 radical (unpaired) electrons. The monoisotopic (exact) mass is 398 g/mol. The van der Waals surface area contributed by atoms with Crippen LogP contribution < -0.4 is 4.74 Å². The molecule has 1 aromatic heterocycles. The molecule has 0 amide bonds. The standard InChI is InChI=1S/C25H22N2O3/c28-25(23-11-6-16-29-23)30-20-14-12-19(13-15-20)24-26-21-9-4-5-10-22(21)27(24)17-18-7-2-1-3-8-18/h1-5,7-10,12-15,23H,6,11,16-17H2. The fourth-order valence-corrected chi connectivity index (χ4v) is 3.84. The second-order valence-electron chi connectivity index (χ2n) is 7.44. The number of para-hydroxylation sites is 2. The van der Waals surface area contributed by atoms with Gasteiger partial charge in [-0.1, -0.05) is 42.5 Å². The molecule has 5 rings (SSSR count). The van der Waals surface area contributed by atoms with Crippen LogP contribution in [0.3, 0.4) is 0 Å². The van der Waals surface area contributed by atoms with Crippen molar-refractivity contribution < 1.29 is 14.3 Å². The predicted molar refractivity (Wildman–Crippen MR) is 115 cm³/mol. The van der Waals surface area contributed by atoms with E-state index in [0.29, 0.717) is 12.4 Å². The van der Waals surface area contributed by atoms with Gasteiger partial charge in [0.25, 0.3) is 0 Å². The van der Waals surface area contributed by atoms with Crippen molar-refractivity contribution in [1.82, 2.24) is 9.55 Å². The third kappa shape index (κ3) is 3.72. The molecule has 0 N–H and O–H groups in total. The van der Waals surface area contributed by atoms with E-state index in [9.17, 15) is 4.79 Å². The van der Waals surface area contributed by atoms with Gasteiger partial charge < -0.3 is 14.0 Å². The molecule has 5 heteroatoms. The van der Waals surface area contributed by atoms with Gasteiger partial charge in [0.1, 0.15) is 11.6 Å². The summed E-state index contributed by atoms with van der Waals surface area (Å²) in [5, 5.41) is 0. The van der Waals surface area contributed by atoms with Gasteiger partial charge >= 0.3 is 5.97 Å². The Balaban J connectivity index is 1.45. The SMILES string of the molecule is O=C(Oc1ccc(-c2nc3ccccc3n2Cc2ccccc2)cc1)C1CCCO1. The normalized spacial score (nSPS) is 16.1. The molecular weight excluding hydrogens is 376 g/mol. The summed E-state index contributed by atoms with van der Waals surface area (Å²) < 4.78 is 13.1. The molecule has 1 aliphatic heterocycles. The van der Waals surface area contributed by atoms with Crippen LogP contribution in [-0.2, 0) is 16.1 Å². The summed E-state index contributed by atoms with van der Waals surface area (Å²) in [4.78, 5) is 17.0. The van der Waals surface area contributed by atoms with Crippen LogP contribution in [0, 0.1) is 0 Å². The third-order valence-electron chi connectivity index (χ3n) is 5.36. The zero-order valence-electron chi connectivity index (χ0n) is 16.5. The van der Waals surface area contributed by atoms with Crippen LogP contribution in [-0.4, -0.2) is 28.2 Å². The average molecular weight is 398 g/mol.